The number of rotatable bonds is 2. The molecule has 2 rings (SSSR count). The molecule has 1 heterocycles. The predicted octanol–water partition coefficient (Wildman–Crippen LogP) is 4.51. The van der Waals surface area contributed by atoms with Gasteiger partial charge in [-0.3, -0.25) is 0 Å². The van der Waals surface area contributed by atoms with Gasteiger partial charge in [0, 0.05) is 15.4 Å². The van der Waals surface area contributed by atoms with Gasteiger partial charge < -0.3 is 0 Å². The smallest absolute Gasteiger partial charge is 0.133 e. The van der Waals surface area contributed by atoms with Gasteiger partial charge in [0.25, 0.3) is 0 Å². The maximum Gasteiger partial charge on any atom is 0.133 e. The van der Waals surface area contributed by atoms with Crippen molar-refractivity contribution in [2.45, 2.75) is 19.3 Å². The van der Waals surface area contributed by atoms with E-state index in [1.165, 1.54) is 17.4 Å². The predicted molar refractivity (Wildman–Crippen MR) is 73.8 cm³/mol. The summed E-state index contributed by atoms with van der Waals surface area (Å²) >= 11 is 4.59. The minimum absolute atomic E-state index is 0.323. The molecule has 0 spiro atoms. The van der Waals surface area contributed by atoms with Gasteiger partial charge in [-0.05, 0) is 32.0 Å². The lowest BCUT2D eigenvalue weighted by Crippen LogP contribution is -2.13. The van der Waals surface area contributed by atoms with Gasteiger partial charge in [0.2, 0.25) is 0 Å². The Bertz CT molecular complexity index is 628. The molecule has 0 bridgehead atoms. The second-order valence-electron chi connectivity index (χ2n) is 4.40. The molecular weight excluding hydrogens is 315 g/mol. The molecule has 0 saturated carbocycles. The number of hydrogen-bond acceptors (Lipinski definition) is 3. The third-order valence-corrected chi connectivity index (χ3v) is 4.18. The quantitative estimate of drug-likeness (QED) is 0.814. The molecule has 18 heavy (non-hydrogen) atoms. The van der Waals surface area contributed by atoms with Crippen molar-refractivity contribution in [3.63, 3.8) is 0 Å². The van der Waals surface area contributed by atoms with Crippen molar-refractivity contribution in [1.29, 1.82) is 5.26 Å². The Hall–Kier alpha value is -1.25. The van der Waals surface area contributed by atoms with Crippen LogP contribution in [0.2, 0.25) is 0 Å². The summed E-state index contributed by atoms with van der Waals surface area (Å²) in [4.78, 5) is 4.35. The summed E-state index contributed by atoms with van der Waals surface area (Å²) in [5.74, 6) is -0.323. The standard InChI is InChI=1S/C13H10BrFN2S/c1-13(2,7-16)12-17-11(6-18-12)9-4-3-8(14)5-10(9)15/h3-6H,1-2H3. The largest absolute Gasteiger partial charge is 0.239 e. The van der Waals surface area contributed by atoms with Gasteiger partial charge >= 0.3 is 0 Å². The molecule has 0 fully saturated rings. The zero-order valence-corrected chi connectivity index (χ0v) is 12.3. The number of benzene rings is 1. The number of thiazole rings is 1. The van der Waals surface area contributed by atoms with Gasteiger partial charge in [0.05, 0.1) is 11.8 Å². The molecule has 0 aliphatic heterocycles. The minimum atomic E-state index is -0.644. The zero-order chi connectivity index (χ0) is 13.3. The second-order valence-corrected chi connectivity index (χ2v) is 6.17. The van der Waals surface area contributed by atoms with E-state index in [1.54, 1.807) is 31.4 Å². The van der Waals surface area contributed by atoms with Gasteiger partial charge in [0.1, 0.15) is 16.2 Å². The van der Waals surface area contributed by atoms with Crippen molar-refractivity contribution in [1.82, 2.24) is 4.98 Å². The van der Waals surface area contributed by atoms with Gasteiger partial charge in [0.15, 0.2) is 0 Å². The molecule has 0 unspecified atom stereocenters. The molecule has 5 heteroatoms. The van der Waals surface area contributed by atoms with E-state index in [1.807, 2.05) is 0 Å². The van der Waals surface area contributed by atoms with E-state index in [0.717, 1.165) is 0 Å². The number of nitriles is 1. The fraction of sp³-hybridized carbons (Fsp3) is 0.231. The molecule has 2 aromatic rings. The van der Waals surface area contributed by atoms with Crippen molar-refractivity contribution in [2.24, 2.45) is 0 Å². The summed E-state index contributed by atoms with van der Waals surface area (Å²) in [6, 6.07) is 7.05. The van der Waals surface area contributed by atoms with E-state index in [0.29, 0.717) is 20.7 Å². The topological polar surface area (TPSA) is 36.7 Å². The van der Waals surface area contributed by atoms with Crippen molar-refractivity contribution in [3.05, 3.63) is 38.9 Å². The summed E-state index contributed by atoms with van der Waals surface area (Å²) in [5.41, 5.74) is 0.382. The highest BCUT2D eigenvalue weighted by Crippen LogP contribution is 2.31. The molecule has 0 saturated heterocycles. The maximum atomic E-state index is 13.8. The van der Waals surface area contributed by atoms with Gasteiger partial charge in [-0.15, -0.1) is 11.3 Å². The molecule has 0 amide bonds. The third kappa shape index (κ3) is 2.45. The maximum absolute atomic E-state index is 13.8. The molecule has 0 N–H and O–H groups in total. The van der Waals surface area contributed by atoms with Crippen LogP contribution in [0.1, 0.15) is 18.9 Å². The lowest BCUT2D eigenvalue weighted by molar-refractivity contribution is 0.629. The lowest BCUT2D eigenvalue weighted by Gasteiger charge is -2.10. The summed E-state index contributed by atoms with van der Waals surface area (Å²) in [6.45, 7) is 3.60. The van der Waals surface area contributed by atoms with Gasteiger partial charge in [-0.1, -0.05) is 15.9 Å². The normalized spacial score (nSPS) is 11.3. The first-order valence-electron chi connectivity index (χ1n) is 5.27. The van der Waals surface area contributed by atoms with Crippen LogP contribution in [0.4, 0.5) is 4.39 Å². The molecule has 92 valence electrons. The Labute approximate surface area is 117 Å². The Balaban J connectivity index is 2.45. The number of halogens is 2. The number of hydrogen-bond donors (Lipinski definition) is 0. The Morgan fingerprint density at radius 3 is 2.78 bits per heavy atom. The zero-order valence-electron chi connectivity index (χ0n) is 9.87. The highest BCUT2D eigenvalue weighted by atomic mass is 79.9. The summed E-state index contributed by atoms with van der Waals surface area (Å²) in [6.07, 6.45) is 0. The molecular formula is C13H10BrFN2S. The Morgan fingerprint density at radius 2 is 2.17 bits per heavy atom. The minimum Gasteiger partial charge on any atom is -0.239 e. The molecule has 0 radical (unpaired) electrons. The molecule has 0 aliphatic carbocycles. The van der Waals surface area contributed by atoms with Crippen LogP contribution in [0.5, 0.6) is 0 Å². The molecule has 1 aromatic heterocycles. The van der Waals surface area contributed by atoms with Crippen LogP contribution < -0.4 is 0 Å². The fourth-order valence-corrected chi connectivity index (χ4v) is 2.66. The van der Waals surface area contributed by atoms with E-state index >= 15 is 0 Å². The van der Waals surface area contributed by atoms with Crippen LogP contribution in [0.15, 0.2) is 28.1 Å². The monoisotopic (exact) mass is 324 g/mol. The van der Waals surface area contributed by atoms with Gasteiger partial charge in [-0.2, -0.15) is 5.26 Å². The first kappa shape index (κ1) is 13.2. The average molecular weight is 325 g/mol. The Morgan fingerprint density at radius 1 is 1.44 bits per heavy atom. The fourth-order valence-electron chi connectivity index (χ4n) is 1.43. The lowest BCUT2D eigenvalue weighted by atomic mass is 9.97. The van der Waals surface area contributed by atoms with Crippen LogP contribution in [-0.4, -0.2) is 4.98 Å². The van der Waals surface area contributed by atoms with Gasteiger partial charge in [-0.25, -0.2) is 9.37 Å². The molecule has 0 atom stereocenters. The Kier molecular flexibility index (Phi) is 3.51. The van der Waals surface area contributed by atoms with Crippen molar-refractivity contribution in [3.8, 4) is 17.3 Å². The van der Waals surface area contributed by atoms with E-state index in [2.05, 4.69) is 27.0 Å². The van der Waals surface area contributed by atoms with E-state index in [-0.39, 0.29) is 5.82 Å². The molecule has 0 aliphatic rings. The first-order chi connectivity index (χ1) is 8.44. The summed E-state index contributed by atoms with van der Waals surface area (Å²) in [7, 11) is 0. The van der Waals surface area contributed by atoms with Crippen molar-refractivity contribution >= 4 is 27.3 Å². The average Bonchev–Trinajstić information content (AvgIpc) is 2.79. The number of aromatic nitrogens is 1. The van der Waals surface area contributed by atoms with Crippen LogP contribution in [0.3, 0.4) is 0 Å². The third-order valence-electron chi connectivity index (χ3n) is 2.53. The van der Waals surface area contributed by atoms with Crippen LogP contribution in [-0.2, 0) is 5.41 Å². The van der Waals surface area contributed by atoms with Crippen molar-refractivity contribution < 1.29 is 4.39 Å². The summed E-state index contributed by atoms with van der Waals surface area (Å²) in [5, 5.41) is 11.5. The van der Waals surface area contributed by atoms with E-state index in [4.69, 9.17) is 5.26 Å². The van der Waals surface area contributed by atoms with Crippen LogP contribution in [0, 0.1) is 17.1 Å². The van der Waals surface area contributed by atoms with Crippen LogP contribution >= 0.6 is 27.3 Å². The first-order valence-corrected chi connectivity index (χ1v) is 6.94. The van der Waals surface area contributed by atoms with E-state index in [9.17, 15) is 4.39 Å². The number of nitrogens with zero attached hydrogens (tertiary/aromatic N) is 2. The SMILES string of the molecule is CC(C)(C#N)c1nc(-c2ccc(Br)cc2F)cs1. The van der Waals surface area contributed by atoms with E-state index < -0.39 is 5.41 Å². The highest BCUT2D eigenvalue weighted by Gasteiger charge is 2.24. The molecule has 1 aromatic carbocycles. The molecule has 2 nitrogen and oxygen atoms in total. The highest BCUT2D eigenvalue weighted by molar-refractivity contribution is 9.10. The van der Waals surface area contributed by atoms with Crippen LogP contribution in [0.25, 0.3) is 11.3 Å². The second kappa shape index (κ2) is 4.79. The van der Waals surface area contributed by atoms with Crippen molar-refractivity contribution in [2.75, 3.05) is 0 Å². The summed E-state index contributed by atoms with van der Waals surface area (Å²) < 4.78 is 14.5.